The highest BCUT2D eigenvalue weighted by molar-refractivity contribution is 5.99. The van der Waals surface area contributed by atoms with Gasteiger partial charge in [-0.15, -0.1) is 0 Å². The van der Waals surface area contributed by atoms with E-state index in [1.807, 2.05) is 30.3 Å². The highest BCUT2D eigenvalue weighted by Gasteiger charge is 2.13. The van der Waals surface area contributed by atoms with Crippen molar-refractivity contribution in [2.45, 2.75) is 13.8 Å². The molecule has 0 spiro atoms. The fourth-order valence-corrected chi connectivity index (χ4v) is 1.75. The quantitative estimate of drug-likeness (QED) is 0.799. The third kappa shape index (κ3) is 2.15. The molecule has 0 atom stereocenters. The molecule has 4 heteroatoms. The zero-order chi connectivity index (χ0) is 12.4. The molecule has 0 aliphatic heterocycles. The van der Waals surface area contributed by atoms with E-state index in [1.165, 1.54) is 6.92 Å². The first-order valence-electron chi connectivity index (χ1n) is 5.30. The van der Waals surface area contributed by atoms with Gasteiger partial charge in [0, 0.05) is 5.56 Å². The number of hydrogen-bond acceptors (Lipinski definition) is 4. The van der Waals surface area contributed by atoms with Crippen LogP contribution in [0.3, 0.4) is 0 Å². The molecule has 1 aromatic carbocycles. The number of anilines is 1. The summed E-state index contributed by atoms with van der Waals surface area (Å²) in [6, 6.07) is 9.54. The van der Waals surface area contributed by atoms with E-state index in [0.717, 1.165) is 5.56 Å². The van der Waals surface area contributed by atoms with Crippen LogP contribution in [0, 0.1) is 6.92 Å². The number of benzene rings is 1. The first-order valence-corrected chi connectivity index (χ1v) is 5.30. The van der Waals surface area contributed by atoms with E-state index >= 15 is 0 Å². The number of carbonyl (C=O) groups is 1. The van der Waals surface area contributed by atoms with Gasteiger partial charge in [0.15, 0.2) is 11.6 Å². The Morgan fingerprint density at radius 3 is 2.35 bits per heavy atom. The van der Waals surface area contributed by atoms with Crippen LogP contribution in [0.5, 0.6) is 0 Å². The van der Waals surface area contributed by atoms with Crippen LogP contribution in [-0.2, 0) is 0 Å². The average molecular weight is 227 g/mol. The molecule has 0 aliphatic rings. The minimum absolute atomic E-state index is 0.111. The maximum absolute atomic E-state index is 11.4. The van der Waals surface area contributed by atoms with Gasteiger partial charge in [-0.2, -0.15) is 0 Å². The Bertz CT molecular complexity index is 541. The molecule has 0 unspecified atom stereocenters. The lowest BCUT2D eigenvalue weighted by molar-refractivity contribution is 0.101. The summed E-state index contributed by atoms with van der Waals surface area (Å²) in [6.07, 6.45) is 0. The van der Waals surface area contributed by atoms with Crippen LogP contribution in [0.4, 0.5) is 5.82 Å². The zero-order valence-electron chi connectivity index (χ0n) is 9.77. The fraction of sp³-hybridized carbons (Fsp3) is 0.154. The fourth-order valence-electron chi connectivity index (χ4n) is 1.75. The van der Waals surface area contributed by atoms with Crippen LogP contribution in [0.25, 0.3) is 11.4 Å². The lowest BCUT2D eigenvalue weighted by Crippen LogP contribution is -2.08. The maximum Gasteiger partial charge on any atom is 0.165 e. The van der Waals surface area contributed by atoms with Crippen molar-refractivity contribution in [2.75, 3.05) is 5.73 Å². The van der Waals surface area contributed by atoms with E-state index < -0.39 is 0 Å². The number of nitrogens with two attached hydrogens (primary N) is 1. The molecular weight excluding hydrogens is 214 g/mol. The average Bonchev–Trinajstić information content (AvgIpc) is 2.28. The Kier molecular flexibility index (Phi) is 2.87. The van der Waals surface area contributed by atoms with Gasteiger partial charge >= 0.3 is 0 Å². The van der Waals surface area contributed by atoms with Crippen molar-refractivity contribution in [2.24, 2.45) is 0 Å². The van der Waals surface area contributed by atoms with Crippen LogP contribution in [-0.4, -0.2) is 15.8 Å². The second-order valence-electron chi connectivity index (χ2n) is 3.82. The molecule has 0 amide bonds. The largest absolute Gasteiger partial charge is 0.383 e. The number of nitrogens with zero attached hydrogens (tertiary/aromatic N) is 2. The van der Waals surface area contributed by atoms with Gasteiger partial charge < -0.3 is 5.73 Å². The molecule has 1 aromatic heterocycles. The molecule has 17 heavy (non-hydrogen) atoms. The summed E-state index contributed by atoms with van der Waals surface area (Å²) < 4.78 is 0. The first kappa shape index (κ1) is 11.3. The Labute approximate surface area is 99.5 Å². The highest BCUT2D eigenvalue weighted by atomic mass is 16.1. The zero-order valence-corrected chi connectivity index (χ0v) is 9.77. The molecule has 1 heterocycles. The molecule has 86 valence electrons. The molecule has 0 saturated carbocycles. The second-order valence-corrected chi connectivity index (χ2v) is 3.82. The molecule has 0 aliphatic carbocycles. The standard InChI is InChI=1S/C13H13N3O/c1-8-11(9(2)17)12(14)16-13(15-8)10-6-4-3-5-7-10/h3-7H,1-2H3,(H2,14,15,16). The van der Waals surface area contributed by atoms with Gasteiger partial charge in [0.2, 0.25) is 0 Å². The number of aryl methyl sites for hydroxylation is 1. The molecule has 0 radical (unpaired) electrons. The summed E-state index contributed by atoms with van der Waals surface area (Å²) in [4.78, 5) is 19.9. The summed E-state index contributed by atoms with van der Waals surface area (Å²) in [6.45, 7) is 3.23. The minimum atomic E-state index is -0.111. The van der Waals surface area contributed by atoms with Crippen molar-refractivity contribution in [1.29, 1.82) is 0 Å². The number of carbonyl (C=O) groups excluding carboxylic acids is 1. The smallest absolute Gasteiger partial charge is 0.165 e. The van der Waals surface area contributed by atoms with Gasteiger partial charge in [0.25, 0.3) is 0 Å². The van der Waals surface area contributed by atoms with Crippen LogP contribution >= 0.6 is 0 Å². The van der Waals surface area contributed by atoms with Gasteiger partial charge in [0.05, 0.1) is 11.3 Å². The summed E-state index contributed by atoms with van der Waals surface area (Å²) in [5.74, 6) is 0.675. The number of ketones is 1. The summed E-state index contributed by atoms with van der Waals surface area (Å²) in [5.41, 5.74) is 7.70. The van der Waals surface area contributed by atoms with Crippen molar-refractivity contribution in [1.82, 2.24) is 9.97 Å². The van der Waals surface area contributed by atoms with Gasteiger partial charge in [0.1, 0.15) is 5.82 Å². The van der Waals surface area contributed by atoms with E-state index in [4.69, 9.17) is 5.73 Å². The number of Topliss-reactive ketones (excluding diaryl/α,β-unsaturated/α-hetero) is 1. The third-order valence-electron chi connectivity index (χ3n) is 2.50. The predicted octanol–water partition coefficient (Wildman–Crippen LogP) is 2.24. The van der Waals surface area contributed by atoms with E-state index in [-0.39, 0.29) is 11.6 Å². The molecule has 0 bridgehead atoms. The Balaban J connectivity index is 2.57. The summed E-state index contributed by atoms with van der Waals surface area (Å²) in [5, 5.41) is 0. The monoisotopic (exact) mass is 227 g/mol. The van der Waals surface area contributed by atoms with Crippen molar-refractivity contribution >= 4 is 11.6 Å². The lowest BCUT2D eigenvalue weighted by atomic mass is 10.1. The van der Waals surface area contributed by atoms with Crippen LogP contribution in [0.15, 0.2) is 30.3 Å². The number of aromatic nitrogens is 2. The van der Waals surface area contributed by atoms with E-state index in [2.05, 4.69) is 9.97 Å². The van der Waals surface area contributed by atoms with E-state index in [0.29, 0.717) is 17.1 Å². The van der Waals surface area contributed by atoms with E-state index in [9.17, 15) is 4.79 Å². The molecule has 2 rings (SSSR count). The van der Waals surface area contributed by atoms with Gasteiger partial charge in [-0.3, -0.25) is 4.79 Å². The number of rotatable bonds is 2. The Morgan fingerprint density at radius 1 is 1.18 bits per heavy atom. The molecular formula is C13H13N3O. The van der Waals surface area contributed by atoms with Gasteiger partial charge in [-0.1, -0.05) is 30.3 Å². The Morgan fingerprint density at radius 2 is 1.82 bits per heavy atom. The van der Waals surface area contributed by atoms with Crippen LogP contribution in [0.2, 0.25) is 0 Å². The van der Waals surface area contributed by atoms with Crippen molar-refractivity contribution < 1.29 is 4.79 Å². The van der Waals surface area contributed by atoms with Crippen LogP contribution < -0.4 is 5.73 Å². The first-order chi connectivity index (χ1) is 8.09. The van der Waals surface area contributed by atoms with E-state index in [1.54, 1.807) is 6.92 Å². The molecule has 0 fully saturated rings. The maximum atomic E-state index is 11.4. The molecule has 0 saturated heterocycles. The van der Waals surface area contributed by atoms with Crippen LogP contribution in [0.1, 0.15) is 23.0 Å². The van der Waals surface area contributed by atoms with Crippen molar-refractivity contribution in [3.63, 3.8) is 0 Å². The number of nitrogen functional groups attached to an aromatic ring is 1. The normalized spacial score (nSPS) is 10.2. The SMILES string of the molecule is CC(=O)c1c(C)nc(-c2ccccc2)nc1N. The van der Waals surface area contributed by atoms with Gasteiger partial charge in [-0.05, 0) is 13.8 Å². The molecule has 2 aromatic rings. The molecule has 2 N–H and O–H groups in total. The van der Waals surface area contributed by atoms with Crippen molar-refractivity contribution in [3.8, 4) is 11.4 Å². The Hall–Kier alpha value is -2.23. The molecule has 4 nitrogen and oxygen atoms in total. The summed E-state index contributed by atoms with van der Waals surface area (Å²) in [7, 11) is 0. The minimum Gasteiger partial charge on any atom is -0.383 e. The highest BCUT2D eigenvalue weighted by Crippen LogP contribution is 2.20. The van der Waals surface area contributed by atoms with Crippen molar-refractivity contribution in [3.05, 3.63) is 41.6 Å². The topological polar surface area (TPSA) is 68.9 Å². The summed E-state index contributed by atoms with van der Waals surface area (Å²) >= 11 is 0. The lowest BCUT2D eigenvalue weighted by Gasteiger charge is -2.07. The second kappa shape index (κ2) is 4.33. The predicted molar refractivity (Wildman–Crippen MR) is 66.6 cm³/mol. The third-order valence-corrected chi connectivity index (χ3v) is 2.50. The number of hydrogen-bond donors (Lipinski definition) is 1. The van der Waals surface area contributed by atoms with Gasteiger partial charge in [-0.25, -0.2) is 9.97 Å².